The van der Waals surface area contributed by atoms with Gasteiger partial charge in [0.05, 0.1) is 19.9 Å². The van der Waals surface area contributed by atoms with Gasteiger partial charge in [0.25, 0.3) is 5.56 Å². The van der Waals surface area contributed by atoms with Gasteiger partial charge in [0, 0.05) is 43.5 Å². The minimum Gasteiger partial charge on any atom is -0.493 e. The molecule has 0 bridgehead atoms. The number of anilines is 1. The van der Waals surface area contributed by atoms with Crippen molar-refractivity contribution in [1.82, 2.24) is 14.7 Å². The summed E-state index contributed by atoms with van der Waals surface area (Å²) >= 11 is 0. The van der Waals surface area contributed by atoms with Crippen LogP contribution < -0.4 is 19.9 Å². The second kappa shape index (κ2) is 9.72. The molecular weight excluding hydrogens is 427 g/mol. The SMILES string of the molecule is COc1ccc(-c2ccc(=O)n(CC(=O)N3CCN(c4ccc(F)cc4)CC3)n2)cc1OC. The van der Waals surface area contributed by atoms with Crippen LogP contribution in [0.15, 0.2) is 59.4 Å². The Morgan fingerprint density at radius 3 is 2.30 bits per heavy atom. The molecule has 0 radical (unpaired) electrons. The van der Waals surface area contributed by atoms with Crippen molar-refractivity contribution in [1.29, 1.82) is 0 Å². The fourth-order valence-electron chi connectivity index (χ4n) is 3.81. The highest BCUT2D eigenvalue weighted by Gasteiger charge is 2.22. The number of hydrogen-bond acceptors (Lipinski definition) is 6. The van der Waals surface area contributed by atoms with Crippen LogP contribution >= 0.6 is 0 Å². The van der Waals surface area contributed by atoms with E-state index in [1.54, 1.807) is 49.5 Å². The number of hydrogen-bond donors (Lipinski definition) is 0. The third-order valence-corrected chi connectivity index (χ3v) is 5.66. The monoisotopic (exact) mass is 452 g/mol. The normalized spacial score (nSPS) is 13.7. The zero-order valence-corrected chi connectivity index (χ0v) is 18.5. The predicted molar refractivity (Wildman–Crippen MR) is 122 cm³/mol. The molecule has 3 aromatic rings. The first-order valence-corrected chi connectivity index (χ1v) is 10.6. The highest BCUT2D eigenvalue weighted by atomic mass is 19.1. The second-order valence-electron chi connectivity index (χ2n) is 7.63. The van der Waals surface area contributed by atoms with Crippen LogP contribution in [0, 0.1) is 5.82 Å². The highest BCUT2D eigenvalue weighted by molar-refractivity contribution is 5.76. The summed E-state index contributed by atoms with van der Waals surface area (Å²) in [5.41, 5.74) is 1.85. The van der Waals surface area contributed by atoms with Crippen molar-refractivity contribution in [2.45, 2.75) is 6.54 Å². The van der Waals surface area contributed by atoms with Crippen LogP contribution in [-0.2, 0) is 11.3 Å². The van der Waals surface area contributed by atoms with Gasteiger partial charge in [-0.05, 0) is 48.5 Å². The Bertz CT molecular complexity index is 1190. The van der Waals surface area contributed by atoms with Gasteiger partial charge in [-0.15, -0.1) is 0 Å². The van der Waals surface area contributed by atoms with Gasteiger partial charge in [-0.1, -0.05) is 0 Å². The Kier molecular flexibility index (Phi) is 6.58. The third kappa shape index (κ3) is 4.97. The van der Waals surface area contributed by atoms with E-state index in [0.29, 0.717) is 43.4 Å². The van der Waals surface area contributed by atoms with Crippen LogP contribution in [0.1, 0.15) is 0 Å². The summed E-state index contributed by atoms with van der Waals surface area (Å²) in [6.45, 7) is 2.15. The summed E-state index contributed by atoms with van der Waals surface area (Å²) in [6.07, 6.45) is 0. The number of carbonyl (C=O) groups is 1. The van der Waals surface area contributed by atoms with Gasteiger partial charge in [0.2, 0.25) is 5.91 Å². The van der Waals surface area contributed by atoms with Gasteiger partial charge in [-0.2, -0.15) is 5.10 Å². The van der Waals surface area contributed by atoms with Gasteiger partial charge in [-0.25, -0.2) is 9.07 Å². The van der Waals surface area contributed by atoms with Crippen molar-refractivity contribution < 1.29 is 18.7 Å². The van der Waals surface area contributed by atoms with E-state index in [1.807, 2.05) is 6.07 Å². The highest BCUT2D eigenvalue weighted by Crippen LogP contribution is 2.31. The van der Waals surface area contributed by atoms with Crippen molar-refractivity contribution >= 4 is 11.6 Å². The summed E-state index contributed by atoms with van der Waals surface area (Å²) in [5, 5.41) is 4.39. The molecule has 9 heteroatoms. The molecule has 0 spiro atoms. The lowest BCUT2D eigenvalue weighted by Crippen LogP contribution is -2.50. The Hall–Kier alpha value is -3.88. The first-order chi connectivity index (χ1) is 16.0. The number of rotatable bonds is 6. The summed E-state index contributed by atoms with van der Waals surface area (Å²) in [5.74, 6) is 0.683. The average molecular weight is 452 g/mol. The fraction of sp³-hybridized carbons (Fsp3) is 0.292. The molecule has 1 aromatic heterocycles. The maximum Gasteiger partial charge on any atom is 0.267 e. The van der Waals surface area contributed by atoms with Crippen LogP contribution in [0.25, 0.3) is 11.3 Å². The van der Waals surface area contributed by atoms with Gasteiger partial charge < -0.3 is 19.3 Å². The summed E-state index contributed by atoms with van der Waals surface area (Å²) in [4.78, 5) is 29.0. The second-order valence-corrected chi connectivity index (χ2v) is 7.63. The largest absolute Gasteiger partial charge is 0.493 e. The number of ether oxygens (including phenoxy) is 2. The minimum atomic E-state index is -0.350. The Morgan fingerprint density at radius 2 is 1.64 bits per heavy atom. The lowest BCUT2D eigenvalue weighted by Gasteiger charge is -2.36. The maximum absolute atomic E-state index is 13.2. The number of halogens is 1. The zero-order valence-electron chi connectivity index (χ0n) is 18.5. The van der Waals surface area contributed by atoms with Crippen molar-refractivity contribution in [3.8, 4) is 22.8 Å². The molecule has 1 aliphatic heterocycles. The van der Waals surface area contributed by atoms with E-state index < -0.39 is 0 Å². The van der Waals surface area contributed by atoms with E-state index in [2.05, 4.69) is 10.00 Å². The Balaban J connectivity index is 1.44. The standard InChI is InChI=1S/C24H25FN4O4/c1-32-21-9-3-17(15-22(21)33-2)20-8-10-23(30)29(26-20)16-24(31)28-13-11-27(12-14-28)19-6-4-18(25)5-7-19/h3-10,15H,11-14,16H2,1-2H3. The van der Waals surface area contributed by atoms with Crippen molar-refractivity contribution in [3.63, 3.8) is 0 Å². The number of aromatic nitrogens is 2. The molecule has 0 atom stereocenters. The molecule has 1 amide bonds. The molecule has 0 unspecified atom stereocenters. The van der Waals surface area contributed by atoms with Crippen molar-refractivity contribution in [2.75, 3.05) is 45.3 Å². The molecule has 4 rings (SSSR count). The molecule has 33 heavy (non-hydrogen) atoms. The van der Waals surface area contributed by atoms with Crippen LogP contribution in [-0.4, -0.2) is 61.0 Å². The molecule has 0 N–H and O–H groups in total. The molecule has 2 aromatic carbocycles. The number of benzene rings is 2. The van der Waals surface area contributed by atoms with Crippen LogP contribution in [0.4, 0.5) is 10.1 Å². The topological polar surface area (TPSA) is 76.9 Å². The third-order valence-electron chi connectivity index (χ3n) is 5.66. The zero-order chi connectivity index (χ0) is 23.4. The molecular formula is C24H25FN4O4. The molecule has 172 valence electrons. The van der Waals surface area contributed by atoms with Crippen LogP contribution in [0.2, 0.25) is 0 Å². The summed E-state index contributed by atoms with van der Waals surface area (Å²) in [6, 6.07) is 14.7. The predicted octanol–water partition coefficient (Wildman–Crippen LogP) is 2.42. The van der Waals surface area contributed by atoms with Crippen molar-refractivity contribution in [2.24, 2.45) is 0 Å². The summed E-state index contributed by atoms with van der Waals surface area (Å²) in [7, 11) is 3.10. The number of piperazine rings is 1. The van der Waals surface area contributed by atoms with E-state index in [9.17, 15) is 14.0 Å². The number of amides is 1. The molecule has 2 heterocycles. The van der Waals surface area contributed by atoms with E-state index >= 15 is 0 Å². The van der Waals surface area contributed by atoms with E-state index in [-0.39, 0.29) is 23.8 Å². The molecule has 1 aliphatic rings. The maximum atomic E-state index is 13.2. The van der Waals surface area contributed by atoms with E-state index in [4.69, 9.17) is 9.47 Å². The number of methoxy groups -OCH3 is 2. The van der Waals surface area contributed by atoms with Gasteiger partial charge in [0.1, 0.15) is 12.4 Å². The van der Waals surface area contributed by atoms with E-state index in [0.717, 1.165) is 11.3 Å². The Morgan fingerprint density at radius 1 is 0.939 bits per heavy atom. The lowest BCUT2D eigenvalue weighted by molar-refractivity contribution is -0.132. The fourth-order valence-corrected chi connectivity index (χ4v) is 3.81. The molecule has 1 saturated heterocycles. The minimum absolute atomic E-state index is 0.142. The van der Waals surface area contributed by atoms with Gasteiger partial charge in [0.15, 0.2) is 11.5 Å². The Labute approximate surface area is 190 Å². The first kappa shape index (κ1) is 22.3. The molecule has 8 nitrogen and oxygen atoms in total. The smallest absolute Gasteiger partial charge is 0.267 e. The molecule has 0 aliphatic carbocycles. The molecule has 1 fully saturated rings. The number of carbonyl (C=O) groups excluding carboxylic acids is 1. The van der Waals surface area contributed by atoms with Gasteiger partial charge >= 0.3 is 0 Å². The van der Waals surface area contributed by atoms with Crippen LogP contribution in [0.3, 0.4) is 0 Å². The quantitative estimate of drug-likeness (QED) is 0.572. The lowest BCUT2D eigenvalue weighted by atomic mass is 10.1. The van der Waals surface area contributed by atoms with Gasteiger partial charge in [-0.3, -0.25) is 9.59 Å². The average Bonchev–Trinajstić information content (AvgIpc) is 2.85. The number of nitrogens with zero attached hydrogens (tertiary/aromatic N) is 4. The van der Waals surface area contributed by atoms with E-state index in [1.165, 1.54) is 22.9 Å². The van der Waals surface area contributed by atoms with Crippen molar-refractivity contribution in [3.05, 3.63) is 70.8 Å². The first-order valence-electron chi connectivity index (χ1n) is 10.6. The summed E-state index contributed by atoms with van der Waals surface area (Å²) < 4.78 is 24.9. The van der Waals surface area contributed by atoms with Crippen LogP contribution in [0.5, 0.6) is 11.5 Å². The molecule has 0 saturated carbocycles.